The van der Waals surface area contributed by atoms with Gasteiger partial charge in [-0.2, -0.15) is 0 Å². The van der Waals surface area contributed by atoms with Crippen LogP contribution >= 0.6 is 22.9 Å². The fourth-order valence-electron chi connectivity index (χ4n) is 4.32. The Morgan fingerprint density at radius 3 is 2.47 bits per heavy atom. The van der Waals surface area contributed by atoms with Crippen molar-refractivity contribution >= 4 is 40.6 Å². The fourth-order valence-corrected chi connectivity index (χ4v) is 5.50. The Bertz CT molecular complexity index is 1670. The second-order valence-corrected chi connectivity index (χ2v) is 10.3. The molecule has 0 saturated heterocycles. The molecule has 38 heavy (non-hydrogen) atoms. The van der Waals surface area contributed by atoms with Crippen molar-refractivity contribution in [2.45, 2.75) is 26.3 Å². The van der Waals surface area contributed by atoms with Gasteiger partial charge in [-0.3, -0.25) is 14.2 Å². The number of para-hydroxylation sites is 1. The third kappa shape index (κ3) is 5.35. The smallest absolute Gasteiger partial charge is 0.271 e. The Hall–Kier alpha value is -3.94. The first-order valence-corrected chi connectivity index (χ1v) is 13.5. The highest BCUT2D eigenvalue weighted by Crippen LogP contribution is 2.31. The van der Waals surface area contributed by atoms with Crippen molar-refractivity contribution in [2.75, 3.05) is 11.9 Å². The number of benzene rings is 3. The molecule has 1 N–H and O–H groups in total. The van der Waals surface area contributed by atoms with Crippen LogP contribution in [-0.4, -0.2) is 17.1 Å². The first-order chi connectivity index (χ1) is 18.4. The van der Waals surface area contributed by atoms with Gasteiger partial charge in [0.2, 0.25) is 0 Å². The summed E-state index contributed by atoms with van der Waals surface area (Å²) >= 11 is 7.46. The van der Waals surface area contributed by atoms with E-state index in [1.807, 2.05) is 72.8 Å². The van der Waals surface area contributed by atoms with E-state index in [9.17, 15) is 9.59 Å². The lowest BCUT2D eigenvalue weighted by atomic mass is 9.95. The van der Waals surface area contributed by atoms with E-state index < -0.39 is 6.04 Å². The number of thiazole rings is 1. The van der Waals surface area contributed by atoms with E-state index in [1.54, 1.807) is 23.6 Å². The maximum Gasteiger partial charge on any atom is 0.271 e. The molecular weight excluding hydrogens is 518 g/mol. The number of rotatable bonds is 7. The molecule has 5 rings (SSSR count). The topological polar surface area (TPSA) is 72.7 Å². The summed E-state index contributed by atoms with van der Waals surface area (Å²) in [6.45, 7) is 4.51. The summed E-state index contributed by atoms with van der Waals surface area (Å²) < 4.78 is 7.80. The highest BCUT2D eigenvalue weighted by molar-refractivity contribution is 7.07. The third-order valence-electron chi connectivity index (χ3n) is 6.13. The van der Waals surface area contributed by atoms with Crippen LogP contribution in [0, 0.1) is 0 Å². The Balaban J connectivity index is 1.60. The van der Waals surface area contributed by atoms with Gasteiger partial charge in [0.15, 0.2) is 4.80 Å². The van der Waals surface area contributed by atoms with E-state index in [4.69, 9.17) is 16.3 Å². The molecule has 1 aliphatic rings. The number of halogens is 1. The number of carbonyl (C=O) groups is 1. The molecule has 0 spiro atoms. The lowest BCUT2D eigenvalue weighted by Crippen LogP contribution is -2.40. The number of aromatic nitrogens is 1. The molecule has 0 fully saturated rings. The van der Waals surface area contributed by atoms with Crippen molar-refractivity contribution in [1.82, 2.24) is 4.57 Å². The Labute approximate surface area is 229 Å². The lowest BCUT2D eigenvalue weighted by Gasteiger charge is -2.25. The number of hydrogen-bond donors (Lipinski definition) is 1. The summed E-state index contributed by atoms with van der Waals surface area (Å²) in [5.74, 6) is 0.479. The standard InChI is InChI=1S/C30H26ClN3O3S/c1-3-17-37-24-15-9-20(10-16-24)18-25-29(36)34-27(21-11-13-22(31)14-12-21)26(19(2)32-30(34)38-25)28(35)33-23-7-5-4-6-8-23/h4-16,18,27H,3,17H2,1-2H3,(H,33,35)/b25-18-/t27-/m1/s1. The molecule has 0 unspecified atom stereocenters. The first kappa shape index (κ1) is 25.7. The summed E-state index contributed by atoms with van der Waals surface area (Å²) in [7, 11) is 0. The number of hydrogen-bond acceptors (Lipinski definition) is 5. The van der Waals surface area contributed by atoms with Crippen molar-refractivity contribution < 1.29 is 9.53 Å². The highest BCUT2D eigenvalue weighted by atomic mass is 35.5. The SMILES string of the molecule is CCCOc1ccc(/C=c2\sc3n(c2=O)[C@H](c2ccc(Cl)cc2)C(C(=O)Nc2ccccc2)=C(C)N=3)cc1. The molecule has 6 nitrogen and oxygen atoms in total. The Kier molecular flexibility index (Phi) is 7.58. The zero-order chi connectivity index (χ0) is 26.6. The summed E-state index contributed by atoms with van der Waals surface area (Å²) in [5.41, 5.74) is 3.07. The quantitative estimate of drug-likeness (QED) is 0.343. The second kappa shape index (κ2) is 11.2. The maximum atomic E-state index is 13.8. The number of fused-ring (bicyclic) bond motifs is 1. The lowest BCUT2D eigenvalue weighted by molar-refractivity contribution is -0.113. The van der Waals surface area contributed by atoms with Crippen LogP contribution in [0.25, 0.3) is 6.08 Å². The number of ether oxygens (including phenoxy) is 1. The summed E-state index contributed by atoms with van der Waals surface area (Å²) in [4.78, 5) is 32.6. The van der Waals surface area contributed by atoms with Crippen molar-refractivity contribution in [2.24, 2.45) is 4.99 Å². The minimum absolute atomic E-state index is 0.211. The van der Waals surface area contributed by atoms with Gasteiger partial charge < -0.3 is 10.1 Å². The predicted octanol–water partition coefficient (Wildman–Crippen LogP) is 5.32. The van der Waals surface area contributed by atoms with Crippen LogP contribution in [0.1, 0.15) is 37.4 Å². The predicted molar refractivity (Wildman–Crippen MR) is 153 cm³/mol. The maximum absolute atomic E-state index is 13.8. The van der Waals surface area contributed by atoms with E-state index in [-0.39, 0.29) is 11.5 Å². The fraction of sp³-hybridized carbons (Fsp3) is 0.167. The third-order valence-corrected chi connectivity index (χ3v) is 7.37. The Morgan fingerprint density at radius 2 is 1.79 bits per heavy atom. The molecule has 0 bridgehead atoms. The van der Waals surface area contributed by atoms with E-state index in [2.05, 4.69) is 17.2 Å². The number of carbonyl (C=O) groups excluding carboxylic acids is 1. The molecule has 4 aromatic rings. The molecule has 1 amide bonds. The van der Waals surface area contributed by atoms with E-state index in [1.165, 1.54) is 11.3 Å². The molecule has 2 heterocycles. The number of nitrogens with zero attached hydrogens (tertiary/aromatic N) is 2. The Morgan fingerprint density at radius 1 is 1.08 bits per heavy atom. The number of amides is 1. The van der Waals surface area contributed by atoms with Crippen molar-refractivity contribution in [3.8, 4) is 5.75 Å². The molecule has 1 aliphatic heterocycles. The molecule has 192 valence electrons. The molecule has 8 heteroatoms. The van der Waals surface area contributed by atoms with Gasteiger partial charge in [0.05, 0.1) is 28.5 Å². The largest absolute Gasteiger partial charge is 0.494 e. The van der Waals surface area contributed by atoms with E-state index >= 15 is 0 Å². The van der Waals surface area contributed by atoms with Crippen molar-refractivity contribution in [3.05, 3.63) is 126 Å². The van der Waals surface area contributed by atoms with Gasteiger partial charge in [0, 0.05) is 10.7 Å². The van der Waals surface area contributed by atoms with Crippen LogP contribution in [0.15, 0.2) is 99.9 Å². The second-order valence-electron chi connectivity index (χ2n) is 8.87. The summed E-state index contributed by atoms with van der Waals surface area (Å²) in [6, 6.07) is 23.4. The van der Waals surface area contributed by atoms with Gasteiger partial charge in [-0.15, -0.1) is 0 Å². The minimum Gasteiger partial charge on any atom is -0.494 e. The molecule has 1 aromatic heterocycles. The van der Waals surface area contributed by atoms with Crippen molar-refractivity contribution in [3.63, 3.8) is 0 Å². The van der Waals surface area contributed by atoms with Crippen LogP contribution in [0.4, 0.5) is 5.69 Å². The van der Waals surface area contributed by atoms with Gasteiger partial charge in [-0.25, -0.2) is 4.99 Å². The van der Waals surface area contributed by atoms with Crippen LogP contribution in [-0.2, 0) is 4.79 Å². The normalized spacial score (nSPS) is 15.1. The minimum atomic E-state index is -0.654. The number of allylic oxidation sites excluding steroid dienone is 1. The van der Waals surface area contributed by atoms with E-state index in [0.29, 0.717) is 37.9 Å². The number of nitrogens with one attached hydrogen (secondary N) is 1. The average Bonchev–Trinajstić information content (AvgIpc) is 3.22. The zero-order valence-corrected chi connectivity index (χ0v) is 22.6. The summed E-state index contributed by atoms with van der Waals surface area (Å²) in [5, 5.41) is 3.53. The molecule has 0 aliphatic carbocycles. The molecular formula is C30H26ClN3O3S. The van der Waals surface area contributed by atoms with Crippen LogP contribution in [0.2, 0.25) is 5.02 Å². The molecule has 0 saturated carbocycles. The molecule has 0 radical (unpaired) electrons. The highest BCUT2D eigenvalue weighted by Gasteiger charge is 2.32. The van der Waals surface area contributed by atoms with Crippen molar-refractivity contribution in [1.29, 1.82) is 0 Å². The van der Waals surface area contributed by atoms with Crippen LogP contribution < -0.4 is 24.9 Å². The molecule has 3 aromatic carbocycles. The number of anilines is 1. The zero-order valence-electron chi connectivity index (χ0n) is 21.0. The van der Waals surface area contributed by atoms with Gasteiger partial charge in [-0.1, -0.05) is 72.3 Å². The van der Waals surface area contributed by atoms with Gasteiger partial charge in [-0.05, 0) is 66.9 Å². The average molecular weight is 544 g/mol. The van der Waals surface area contributed by atoms with Gasteiger partial charge in [0.1, 0.15) is 5.75 Å². The van der Waals surface area contributed by atoms with Gasteiger partial charge in [0.25, 0.3) is 11.5 Å². The summed E-state index contributed by atoms with van der Waals surface area (Å²) in [6.07, 6.45) is 2.78. The van der Waals surface area contributed by atoms with E-state index in [0.717, 1.165) is 23.3 Å². The van der Waals surface area contributed by atoms with Crippen LogP contribution in [0.3, 0.4) is 0 Å². The monoisotopic (exact) mass is 543 g/mol. The van der Waals surface area contributed by atoms with Gasteiger partial charge >= 0.3 is 0 Å². The molecule has 1 atom stereocenters. The van der Waals surface area contributed by atoms with Crippen LogP contribution in [0.5, 0.6) is 5.75 Å². The first-order valence-electron chi connectivity index (χ1n) is 12.3.